The quantitative estimate of drug-likeness (QED) is 0.842. The highest BCUT2D eigenvalue weighted by atomic mass is 32.1. The maximum atomic E-state index is 11.5. The number of rotatable bonds is 7. The molecule has 0 bridgehead atoms. The van der Waals surface area contributed by atoms with E-state index >= 15 is 0 Å². The number of carbonyl (C=O) groups is 1. The summed E-state index contributed by atoms with van der Waals surface area (Å²) in [6.07, 6.45) is 1.05. The average molecular weight is 323 g/mol. The topological polar surface area (TPSA) is 45.2 Å². The lowest BCUT2D eigenvalue weighted by molar-refractivity contribution is -0.116. The monoisotopic (exact) mass is 323 g/mol. The van der Waals surface area contributed by atoms with Crippen molar-refractivity contribution in [3.8, 4) is 0 Å². The van der Waals surface area contributed by atoms with Gasteiger partial charge in [0.2, 0.25) is 5.91 Å². The summed E-state index contributed by atoms with van der Waals surface area (Å²) in [5.74, 6) is 0.0383. The van der Waals surface area contributed by atoms with E-state index in [9.17, 15) is 4.79 Å². The lowest BCUT2D eigenvalue weighted by atomic mass is 10.2. The normalized spacial score (nSPS) is 12.3. The van der Waals surface area contributed by atoms with Gasteiger partial charge in [0.25, 0.3) is 0 Å². The van der Waals surface area contributed by atoms with E-state index in [1.807, 2.05) is 12.3 Å². The van der Waals surface area contributed by atoms with Gasteiger partial charge in [0.05, 0.1) is 5.69 Å². The molecule has 0 fully saturated rings. The number of anilines is 1. The van der Waals surface area contributed by atoms with Crippen LogP contribution in [0.5, 0.6) is 0 Å². The average Bonchev–Trinajstić information content (AvgIpc) is 3.12. The van der Waals surface area contributed by atoms with Gasteiger partial charge in [-0.05, 0) is 24.8 Å². The molecule has 1 atom stereocenters. The summed E-state index contributed by atoms with van der Waals surface area (Å²) in [6, 6.07) is 4.61. The fourth-order valence-corrected chi connectivity index (χ4v) is 3.98. The molecular formula is C15H21N3OS2. The van der Waals surface area contributed by atoms with Gasteiger partial charge in [-0.15, -0.1) is 22.7 Å². The van der Waals surface area contributed by atoms with E-state index in [-0.39, 0.29) is 5.91 Å². The van der Waals surface area contributed by atoms with Crippen LogP contribution < -0.4 is 10.2 Å². The van der Waals surface area contributed by atoms with E-state index in [4.69, 9.17) is 0 Å². The first-order chi connectivity index (χ1) is 10.2. The minimum atomic E-state index is 0.0383. The second-order valence-corrected chi connectivity index (χ2v) is 6.56. The van der Waals surface area contributed by atoms with E-state index in [2.05, 4.69) is 34.7 Å². The molecule has 1 N–H and O–H groups in total. The molecule has 1 unspecified atom stereocenters. The van der Waals surface area contributed by atoms with E-state index in [1.165, 1.54) is 16.2 Å². The molecule has 114 valence electrons. The van der Waals surface area contributed by atoms with E-state index in [1.54, 1.807) is 23.2 Å². The van der Waals surface area contributed by atoms with E-state index in [0.29, 0.717) is 12.6 Å². The Labute approximate surface area is 133 Å². The lowest BCUT2D eigenvalue weighted by Crippen LogP contribution is -2.27. The van der Waals surface area contributed by atoms with Gasteiger partial charge in [0.1, 0.15) is 0 Å². The molecule has 4 nitrogen and oxygen atoms in total. The van der Waals surface area contributed by atoms with Crippen molar-refractivity contribution in [2.45, 2.75) is 39.8 Å². The maximum Gasteiger partial charge on any atom is 0.225 e. The number of aromatic nitrogens is 1. The SMILES string of the molecule is CCC(NCc1csc(N(CC)C(C)=O)n1)c1cccs1. The van der Waals surface area contributed by atoms with Crippen molar-refractivity contribution in [2.24, 2.45) is 0 Å². The molecule has 0 saturated carbocycles. The minimum Gasteiger partial charge on any atom is -0.304 e. The fraction of sp³-hybridized carbons (Fsp3) is 0.467. The van der Waals surface area contributed by atoms with Gasteiger partial charge in [-0.25, -0.2) is 4.98 Å². The van der Waals surface area contributed by atoms with Crippen LogP contribution in [-0.4, -0.2) is 17.4 Å². The smallest absolute Gasteiger partial charge is 0.225 e. The summed E-state index contributed by atoms with van der Waals surface area (Å²) in [6.45, 7) is 7.10. The second kappa shape index (κ2) is 7.68. The Hall–Kier alpha value is -1.24. The Balaban J connectivity index is 1.98. The zero-order valence-electron chi connectivity index (χ0n) is 12.6. The van der Waals surface area contributed by atoms with Crippen LogP contribution in [0.3, 0.4) is 0 Å². The van der Waals surface area contributed by atoms with Gasteiger partial charge >= 0.3 is 0 Å². The molecule has 2 aromatic heterocycles. The molecule has 0 aromatic carbocycles. The third-order valence-electron chi connectivity index (χ3n) is 3.29. The Morgan fingerprint density at radius 1 is 1.43 bits per heavy atom. The molecule has 0 aliphatic heterocycles. The number of amides is 1. The summed E-state index contributed by atoms with van der Waals surface area (Å²) >= 11 is 3.30. The predicted molar refractivity (Wildman–Crippen MR) is 90.0 cm³/mol. The fourth-order valence-electron chi connectivity index (χ4n) is 2.16. The largest absolute Gasteiger partial charge is 0.304 e. The van der Waals surface area contributed by atoms with Crippen LogP contribution in [0.15, 0.2) is 22.9 Å². The van der Waals surface area contributed by atoms with Gasteiger partial charge in [-0.1, -0.05) is 13.0 Å². The molecule has 21 heavy (non-hydrogen) atoms. The molecule has 2 rings (SSSR count). The molecule has 2 heterocycles. The highest BCUT2D eigenvalue weighted by Gasteiger charge is 2.14. The van der Waals surface area contributed by atoms with Gasteiger partial charge in [0, 0.05) is 36.3 Å². The molecule has 2 aromatic rings. The highest BCUT2D eigenvalue weighted by Crippen LogP contribution is 2.24. The molecule has 1 amide bonds. The number of carbonyl (C=O) groups excluding carboxylic acids is 1. The first-order valence-corrected chi connectivity index (χ1v) is 8.90. The van der Waals surface area contributed by atoms with Crippen LogP contribution in [0.1, 0.15) is 43.8 Å². The van der Waals surface area contributed by atoms with Crippen LogP contribution in [0.4, 0.5) is 5.13 Å². The summed E-state index contributed by atoms with van der Waals surface area (Å²) < 4.78 is 0. The van der Waals surface area contributed by atoms with Crippen LogP contribution >= 0.6 is 22.7 Å². The summed E-state index contributed by atoms with van der Waals surface area (Å²) in [7, 11) is 0. The molecule has 6 heteroatoms. The van der Waals surface area contributed by atoms with Crippen molar-refractivity contribution in [1.29, 1.82) is 0 Å². The molecule has 0 spiro atoms. The summed E-state index contributed by atoms with van der Waals surface area (Å²) in [4.78, 5) is 19.1. The number of nitrogens with one attached hydrogen (secondary N) is 1. The Bertz CT molecular complexity index is 565. The highest BCUT2D eigenvalue weighted by molar-refractivity contribution is 7.14. The number of hydrogen-bond acceptors (Lipinski definition) is 5. The van der Waals surface area contributed by atoms with Gasteiger partial charge < -0.3 is 5.32 Å². The zero-order chi connectivity index (χ0) is 15.2. The predicted octanol–water partition coefficient (Wildman–Crippen LogP) is 3.82. The van der Waals surface area contributed by atoms with Crippen molar-refractivity contribution >= 4 is 33.7 Å². The van der Waals surface area contributed by atoms with Crippen molar-refractivity contribution < 1.29 is 4.79 Å². The Morgan fingerprint density at radius 2 is 2.24 bits per heavy atom. The van der Waals surface area contributed by atoms with E-state index in [0.717, 1.165) is 23.8 Å². The van der Waals surface area contributed by atoms with Gasteiger partial charge in [0.15, 0.2) is 5.13 Å². The zero-order valence-corrected chi connectivity index (χ0v) is 14.3. The van der Waals surface area contributed by atoms with Crippen molar-refractivity contribution in [3.63, 3.8) is 0 Å². The minimum absolute atomic E-state index is 0.0383. The number of thiophene rings is 1. The van der Waals surface area contributed by atoms with Gasteiger partial charge in [-0.2, -0.15) is 0 Å². The van der Waals surface area contributed by atoms with Gasteiger partial charge in [-0.3, -0.25) is 9.69 Å². The van der Waals surface area contributed by atoms with Crippen LogP contribution in [0, 0.1) is 0 Å². The Morgan fingerprint density at radius 3 is 2.81 bits per heavy atom. The molecular weight excluding hydrogens is 302 g/mol. The maximum absolute atomic E-state index is 11.5. The second-order valence-electron chi connectivity index (χ2n) is 4.74. The number of nitrogens with zero attached hydrogens (tertiary/aromatic N) is 2. The first kappa shape index (κ1) is 16.1. The summed E-state index contributed by atoms with van der Waals surface area (Å²) in [5, 5.41) is 8.45. The standard InChI is InChI=1S/C15H21N3OS2/c1-4-13(14-7-6-8-20-14)16-9-12-10-21-15(17-12)18(5-2)11(3)19/h6-8,10,13,16H,4-5,9H2,1-3H3. The first-order valence-electron chi connectivity index (χ1n) is 7.15. The molecule has 0 radical (unpaired) electrons. The molecule has 0 aliphatic carbocycles. The third-order valence-corrected chi connectivity index (χ3v) is 5.19. The third kappa shape index (κ3) is 4.12. The van der Waals surface area contributed by atoms with E-state index < -0.39 is 0 Å². The number of hydrogen-bond donors (Lipinski definition) is 1. The summed E-state index contributed by atoms with van der Waals surface area (Å²) in [5.41, 5.74) is 0.990. The van der Waals surface area contributed by atoms with Crippen LogP contribution in [0.25, 0.3) is 0 Å². The number of thiazole rings is 1. The van der Waals surface area contributed by atoms with Crippen molar-refractivity contribution in [3.05, 3.63) is 33.5 Å². The van der Waals surface area contributed by atoms with Crippen molar-refractivity contribution in [2.75, 3.05) is 11.4 Å². The molecule has 0 saturated heterocycles. The van der Waals surface area contributed by atoms with Crippen LogP contribution in [-0.2, 0) is 11.3 Å². The van der Waals surface area contributed by atoms with Crippen LogP contribution in [0.2, 0.25) is 0 Å². The van der Waals surface area contributed by atoms with Crippen molar-refractivity contribution in [1.82, 2.24) is 10.3 Å². The Kier molecular flexibility index (Phi) is 5.90. The lowest BCUT2D eigenvalue weighted by Gasteiger charge is -2.15. The molecule has 0 aliphatic rings.